The Kier molecular flexibility index (Phi) is 9.43. The largest absolute Gasteiger partial charge is 0.300 e. The van der Waals surface area contributed by atoms with Crippen molar-refractivity contribution in [3.05, 3.63) is 59.2 Å². The average Bonchev–Trinajstić information content (AvgIpc) is 2.72. The van der Waals surface area contributed by atoms with E-state index in [1.54, 1.807) is 6.08 Å². The number of fused-ring (bicyclic) bond motifs is 1. The number of nitrogens with two attached hydrogens (primary N) is 2. The first-order valence-electron chi connectivity index (χ1n) is 10.3. The molecule has 8 heteroatoms. The Morgan fingerprint density at radius 1 is 0.935 bits per heavy atom. The molecule has 2 aromatic carbocycles. The van der Waals surface area contributed by atoms with Gasteiger partial charge in [0.25, 0.3) is 7.59 Å². The predicted molar refractivity (Wildman–Crippen MR) is 122 cm³/mol. The number of amides is 1. The van der Waals surface area contributed by atoms with Gasteiger partial charge in [-0.25, -0.2) is 0 Å². The Balaban J connectivity index is 1.85. The first-order chi connectivity index (χ1) is 14.8. The van der Waals surface area contributed by atoms with Gasteiger partial charge in [0.1, 0.15) is 17.7 Å². The van der Waals surface area contributed by atoms with Crippen LogP contribution in [0.1, 0.15) is 49.7 Å². The second-order valence-corrected chi connectivity index (χ2v) is 9.13. The SMILES string of the molecule is N#CC(C#N)=CCc1cccc2c(CCCCCCCC(=O)NP(N)(N)=O)cccc12. The molecule has 31 heavy (non-hydrogen) atoms. The highest BCUT2D eigenvalue weighted by molar-refractivity contribution is 7.57. The lowest BCUT2D eigenvalue weighted by Gasteiger charge is -2.10. The average molecular weight is 437 g/mol. The van der Waals surface area contributed by atoms with Crippen LogP contribution in [-0.2, 0) is 22.2 Å². The van der Waals surface area contributed by atoms with Gasteiger partial charge in [-0.15, -0.1) is 0 Å². The molecule has 0 spiro atoms. The Labute approximate surface area is 183 Å². The first-order valence-corrected chi connectivity index (χ1v) is 12.2. The maximum atomic E-state index is 11.5. The lowest BCUT2D eigenvalue weighted by atomic mass is 9.95. The van der Waals surface area contributed by atoms with Crippen molar-refractivity contribution in [1.29, 1.82) is 10.5 Å². The maximum absolute atomic E-state index is 11.5. The highest BCUT2D eigenvalue weighted by Gasteiger charge is 2.12. The maximum Gasteiger partial charge on any atom is 0.300 e. The highest BCUT2D eigenvalue weighted by atomic mass is 31.2. The van der Waals surface area contributed by atoms with E-state index < -0.39 is 7.59 Å². The second kappa shape index (κ2) is 12.0. The predicted octanol–water partition coefficient (Wildman–Crippen LogP) is 4.38. The van der Waals surface area contributed by atoms with E-state index in [4.69, 9.17) is 21.5 Å². The van der Waals surface area contributed by atoms with Gasteiger partial charge in [-0.1, -0.05) is 61.7 Å². The third kappa shape index (κ3) is 8.36. The van der Waals surface area contributed by atoms with E-state index in [0.29, 0.717) is 12.8 Å². The Morgan fingerprint density at radius 2 is 1.52 bits per heavy atom. The summed E-state index contributed by atoms with van der Waals surface area (Å²) in [4.78, 5) is 11.5. The zero-order chi connectivity index (χ0) is 22.7. The molecule has 0 aliphatic heterocycles. The van der Waals surface area contributed by atoms with Gasteiger partial charge in [0.2, 0.25) is 5.91 Å². The van der Waals surface area contributed by atoms with E-state index in [2.05, 4.69) is 23.3 Å². The molecule has 0 bridgehead atoms. The van der Waals surface area contributed by atoms with Crippen LogP contribution in [0.4, 0.5) is 0 Å². The number of unbranched alkanes of at least 4 members (excludes halogenated alkanes) is 4. The van der Waals surface area contributed by atoms with E-state index in [-0.39, 0.29) is 17.9 Å². The standard InChI is InChI=1S/C23H28N5O2P/c24-16-18(17-25)14-15-20-10-7-11-21-19(9-6-12-22(20)21)8-4-2-1-3-5-13-23(29)28-31(26,27)30/h6-7,9-12,14H,1-5,8,13,15H2,(H5,26,27,28,29,30). The van der Waals surface area contributed by atoms with Crippen molar-refractivity contribution < 1.29 is 9.36 Å². The van der Waals surface area contributed by atoms with Gasteiger partial charge in [0.05, 0.1) is 0 Å². The number of rotatable bonds is 11. The molecule has 0 aliphatic rings. The van der Waals surface area contributed by atoms with Crippen molar-refractivity contribution in [3.8, 4) is 12.1 Å². The Hall–Kier alpha value is -2.96. The Bertz CT molecular complexity index is 1060. The highest BCUT2D eigenvalue weighted by Crippen LogP contribution is 2.25. The van der Waals surface area contributed by atoms with E-state index in [1.165, 1.54) is 10.9 Å². The van der Waals surface area contributed by atoms with Gasteiger partial charge in [0.15, 0.2) is 0 Å². The van der Waals surface area contributed by atoms with Crippen LogP contribution in [0, 0.1) is 22.7 Å². The number of hydrogen-bond donors (Lipinski definition) is 3. The third-order valence-corrected chi connectivity index (χ3v) is 5.62. The molecule has 1 amide bonds. The summed E-state index contributed by atoms with van der Waals surface area (Å²) in [5.41, 5.74) is 12.8. The molecule has 2 rings (SSSR count). The second-order valence-electron chi connectivity index (χ2n) is 7.49. The molecule has 0 saturated heterocycles. The zero-order valence-corrected chi connectivity index (χ0v) is 18.4. The summed E-state index contributed by atoms with van der Waals surface area (Å²) in [6, 6.07) is 16.2. The van der Waals surface area contributed by atoms with Crippen molar-refractivity contribution >= 4 is 24.3 Å². The van der Waals surface area contributed by atoms with E-state index in [9.17, 15) is 9.36 Å². The summed E-state index contributed by atoms with van der Waals surface area (Å²) in [6.07, 6.45) is 8.20. The number of aryl methyl sites for hydroxylation is 1. The monoisotopic (exact) mass is 437 g/mol. The van der Waals surface area contributed by atoms with Gasteiger partial charge >= 0.3 is 0 Å². The minimum atomic E-state index is -3.49. The normalized spacial score (nSPS) is 10.8. The first kappa shape index (κ1) is 24.3. The molecular weight excluding hydrogens is 409 g/mol. The minimum absolute atomic E-state index is 0.130. The van der Waals surface area contributed by atoms with Crippen molar-refractivity contribution in [1.82, 2.24) is 5.09 Å². The summed E-state index contributed by atoms with van der Waals surface area (Å²) in [5, 5.41) is 22.3. The fourth-order valence-electron chi connectivity index (χ4n) is 3.55. The molecule has 0 saturated carbocycles. The quantitative estimate of drug-likeness (QED) is 0.270. The number of benzene rings is 2. The lowest BCUT2D eigenvalue weighted by Crippen LogP contribution is -2.28. The molecule has 0 aliphatic carbocycles. The van der Waals surface area contributed by atoms with Crippen LogP contribution in [0.2, 0.25) is 0 Å². The molecule has 2 aromatic rings. The lowest BCUT2D eigenvalue weighted by molar-refractivity contribution is -0.119. The fourth-order valence-corrected chi connectivity index (χ4v) is 4.05. The van der Waals surface area contributed by atoms with Crippen LogP contribution in [0.3, 0.4) is 0 Å². The number of nitriles is 2. The number of carbonyl (C=O) groups is 1. The third-order valence-electron chi connectivity index (χ3n) is 5.02. The van der Waals surface area contributed by atoms with Gasteiger partial charge < -0.3 is 0 Å². The summed E-state index contributed by atoms with van der Waals surface area (Å²) < 4.78 is 11.1. The van der Waals surface area contributed by atoms with Crippen molar-refractivity contribution in [2.24, 2.45) is 11.0 Å². The van der Waals surface area contributed by atoms with Crippen LogP contribution in [0.5, 0.6) is 0 Å². The summed E-state index contributed by atoms with van der Waals surface area (Å²) >= 11 is 0. The van der Waals surface area contributed by atoms with Crippen LogP contribution in [0.15, 0.2) is 48.0 Å². The minimum Gasteiger partial charge on any atom is -0.283 e. The molecular formula is C23H28N5O2P. The van der Waals surface area contributed by atoms with Gasteiger partial charge in [-0.3, -0.25) is 25.5 Å². The number of nitrogens with zero attached hydrogens (tertiary/aromatic N) is 2. The smallest absolute Gasteiger partial charge is 0.283 e. The number of carbonyl (C=O) groups excluding carboxylic acids is 1. The molecule has 5 N–H and O–H groups in total. The van der Waals surface area contributed by atoms with Gasteiger partial charge in [-0.05, 0) is 47.6 Å². The van der Waals surface area contributed by atoms with Crippen LogP contribution >= 0.6 is 7.59 Å². The zero-order valence-electron chi connectivity index (χ0n) is 17.5. The number of nitrogens with one attached hydrogen (secondary N) is 1. The molecule has 0 fully saturated rings. The van der Waals surface area contributed by atoms with E-state index >= 15 is 0 Å². The molecule has 0 unspecified atom stereocenters. The molecule has 0 heterocycles. The molecule has 0 atom stereocenters. The number of hydrogen-bond acceptors (Lipinski definition) is 4. The van der Waals surface area contributed by atoms with Crippen molar-refractivity contribution in [3.63, 3.8) is 0 Å². The fraction of sp³-hybridized carbons (Fsp3) is 0.348. The van der Waals surface area contributed by atoms with E-state index in [1.807, 2.05) is 30.3 Å². The molecule has 0 radical (unpaired) electrons. The molecule has 0 aromatic heterocycles. The summed E-state index contributed by atoms with van der Waals surface area (Å²) in [5.74, 6) is -0.369. The number of allylic oxidation sites excluding steroid dienone is 2. The van der Waals surface area contributed by atoms with E-state index in [0.717, 1.165) is 43.1 Å². The van der Waals surface area contributed by atoms with Crippen molar-refractivity contribution in [2.45, 2.75) is 51.4 Å². The summed E-state index contributed by atoms with van der Waals surface area (Å²) in [7, 11) is -3.49. The van der Waals surface area contributed by atoms with Gasteiger partial charge in [-0.2, -0.15) is 10.5 Å². The molecule has 7 nitrogen and oxygen atoms in total. The molecule has 162 valence electrons. The topological polar surface area (TPSA) is 146 Å². The van der Waals surface area contributed by atoms with Crippen molar-refractivity contribution in [2.75, 3.05) is 0 Å². The Morgan fingerprint density at radius 3 is 2.16 bits per heavy atom. The van der Waals surface area contributed by atoms with Crippen LogP contribution in [-0.4, -0.2) is 5.91 Å². The van der Waals surface area contributed by atoms with Crippen LogP contribution in [0.25, 0.3) is 10.8 Å². The van der Waals surface area contributed by atoms with Crippen LogP contribution < -0.4 is 16.1 Å². The van der Waals surface area contributed by atoms with Gasteiger partial charge in [0, 0.05) is 6.42 Å². The summed E-state index contributed by atoms with van der Waals surface area (Å²) in [6.45, 7) is 0.